The third kappa shape index (κ3) is 3.06. The van der Waals surface area contributed by atoms with Crippen molar-refractivity contribution in [1.82, 2.24) is 0 Å². The van der Waals surface area contributed by atoms with Crippen LogP contribution in [0.5, 0.6) is 11.5 Å². The molecule has 4 heteroatoms. The zero-order chi connectivity index (χ0) is 14.0. The zero-order valence-electron chi connectivity index (χ0n) is 10.7. The first-order valence-corrected chi connectivity index (χ1v) is 6.27. The second-order valence-electron chi connectivity index (χ2n) is 4.35. The molecule has 0 saturated heterocycles. The quantitative estimate of drug-likeness (QED) is 0.888. The summed E-state index contributed by atoms with van der Waals surface area (Å²) >= 11 is 5.93. The van der Waals surface area contributed by atoms with Crippen molar-refractivity contribution < 1.29 is 14.2 Å². The van der Waals surface area contributed by atoms with E-state index in [0.717, 1.165) is 5.56 Å². The third-order valence-electron chi connectivity index (χ3n) is 2.80. The summed E-state index contributed by atoms with van der Waals surface area (Å²) in [5.41, 5.74) is 1.25. The van der Waals surface area contributed by atoms with Crippen LogP contribution in [0, 0.1) is 12.7 Å². The largest absolute Gasteiger partial charge is 0.454 e. The Kier molecular flexibility index (Phi) is 4.08. The molecule has 0 aliphatic rings. The lowest BCUT2D eigenvalue weighted by Crippen LogP contribution is -1.98. The van der Waals surface area contributed by atoms with Gasteiger partial charge in [0.25, 0.3) is 0 Å². The van der Waals surface area contributed by atoms with Gasteiger partial charge in [-0.1, -0.05) is 23.7 Å². The van der Waals surface area contributed by atoms with Crippen LogP contribution in [-0.4, -0.2) is 5.11 Å². The highest BCUT2D eigenvalue weighted by Crippen LogP contribution is 2.33. The monoisotopic (exact) mass is 280 g/mol. The lowest BCUT2D eigenvalue weighted by Gasteiger charge is -2.14. The first-order valence-electron chi connectivity index (χ1n) is 5.89. The summed E-state index contributed by atoms with van der Waals surface area (Å²) in [4.78, 5) is 0. The minimum atomic E-state index is -0.806. The van der Waals surface area contributed by atoms with Crippen molar-refractivity contribution in [2.75, 3.05) is 0 Å². The highest BCUT2D eigenvalue weighted by molar-refractivity contribution is 6.31. The predicted molar refractivity (Wildman–Crippen MR) is 73.3 cm³/mol. The van der Waals surface area contributed by atoms with Crippen molar-refractivity contribution in [3.05, 3.63) is 58.4 Å². The summed E-state index contributed by atoms with van der Waals surface area (Å²) in [7, 11) is 0. The number of ether oxygens (including phenoxy) is 1. The van der Waals surface area contributed by atoms with Gasteiger partial charge < -0.3 is 9.84 Å². The van der Waals surface area contributed by atoms with Crippen molar-refractivity contribution in [1.29, 1.82) is 0 Å². The molecule has 0 saturated carbocycles. The third-order valence-corrected chi connectivity index (χ3v) is 3.22. The van der Waals surface area contributed by atoms with Crippen molar-refractivity contribution in [2.45, 2.75) is 20.0 Å². The smallest absolute Gasteiger partial charge is 0.168 e. The molecule has 2 aromatic rings. The zero-order valence-corrected chi connectivity index (χ0v) is 11.4. The maximum atomic E-state index is 13.8. The van der Waals surface area contributed by atoms with E-state index in [1.54, 1.807) is 31.2 Å². The van der Waals surface area contributed by atoms with Crippen LogP contribution >= 0.6 is 11.6 Å². The predicted octanol–water partition coefficient (Wildman–Crippen LogP) is 4.63. The molecule has 2 rings (SSSR count). The Labute approximate surface area is 116 Å². The minimum Gasteiger partial charge on any atom is -0.454 e. The average molecular weight is 281 g/mol. The first-order chi connectivity index (χ1) is 8.99. The van der Waals surface area contributed by atoms with Crippen LogP contribution in [0.25, 0.3) is 0 Å². The van der Waals surface area contributed by atoms with E-state index in [9.17, 15) is 9.50 Å². The Morgan fingerprint density at radius 3 is 2.63 bits per heavy atom. The molecule has 0 aliphatic carbocycles. The topological polar surface area (TPSA) is 29.5 Å². The van der Waals surface area contributed by atoms with Crippen LogP contribution < -0.4 is 4.74 Å². The summed E-state index contributed by atoms with van der Waals surface area (Å²) in [5.74, 6) is 0.0131. The van der Waals surface area contributed by atoms with Gasteiger partial charge in [-0.2, -0.15) is 0 Å². The Morgan fingerprint density at radius 2 is 2.00 bits per heavy atom. The molecular formula is C15H14ClFO2. The maximum Gasteiger partial charge on any atom is 0.168 e. The Hall–Kier alpha value is -1.58. The SMILES string of the molecule is Cc1cc(Oc2c(F)cccc2[C@@H](C)O)ccc1Cl. The van der Waals surface area contributed by atoms with E-state index in [1.165, 1.54) is 12.1 Å². The highest BCUT2D eigenvalue weighted by Gasteiger charge is 2.14. The van der Waals surface area contributed by atoms with Gasteiger partial charge in [0.05, 0.1) is 6.10 Å². The number of benzene rings is 2. The first kappa shape index (κ1) is 13.8. The molecule has 0 radical (unpaired) electrons. The summed E-state index contributed by atoms with van der Waals surface area (Å²) in [6.45, 7) is 3.40. The standard InChI is InChI=1S/C15H14ClFO2/c1-9-8-11(6-7-13(9)16)19-15-12(10(2)18)4-3-5-14(15)17/h3-8,10,18H,1-2H3/t10-/m1/s1. The molecule has 2 aromatic carbocycles. The molecule has 2 nitrogen and oxygen atoms in total. The highest BCUT2D eigenvalue weighted by atomic mass is 35.5. The molecular weight excluding hydrogens is 267 g/mol. The second kappa shape index (κ2) is 5.59. The molecule has 0 unspecified atom stereocenters. The Morgan fingerprint density at radius 1 is 1.26 bits per heavy atom. The average Bonchev–Trinajstić information content (AvgIpc) is 2.36. The van der Waals surface area contributed by atoms with Crippen LogP contribution in [0.4, 0.5) is 4.39 Å². The number of para-hydroxylation sites is 1. The fraction of sp³-hybridized carbons (Fsp3) is 0.200. The number of aryl methyl sites for hydroxylation is 1. The van der Waals surface area contributed by atoms with Crippen molar-refractivity contribution >= 4 is 11.6 Å². The summed E-state index contributed by atoms with van der Waals surface area (Å²) in [6, 6.07) is 9.54. The summed E-state index contributed by atoms with van der Waals surface area (Å²) < 4.78 is 19.4. The molecule has 0 bridgehead atoms. The number of hydrogen-bond donors (Lipinski definition) is 1. The number of aliphatic hydroxyl groups is 1. The van der Waals surface area contributed by atoms with Crippen LogP contribution in [0.2, 0.25) is 5.02 Å². The van der Waals surface area contributed by atoms with Crippen molar-refractivity contribution in [2.24, 2.45) is 0 Å². The molecule has 1 atom stereocenters. The molecule has 0 amide bonds. The molecule has 0 fully saturated rings. The van der Waals surface area contributed by atoms with E-state index in [4.69, 9.17) is 16.3 Å². The van der Waals surface area contributed by atoms with E-state index in [0.29, 0.717) is 16.3 Å². The van der Waals surface area contributed by atoms with Crippen molar-refractivity contribution in [3.8, 4) is 11.5 Å². The number of aliphatic hydroxyl groups excluding tert-OH is 1. The van der Waals surface area contributed by atoms with E-state index in [-0.39, 0.29) is 5.75 Å². The lowest BCUT2D eigenvalue weighted by atomic mass is 10.1. The van der Waals surface area contributed by atoms with E-state index >= 15 is 0 Å². The fourth-order valence-corrected chi connectivity index (χ4v) is 1.88. The lowest BCUT2D eigenvalue weighted by molar-refractivity contribution is 0.194. The molecule has 100 valence electrons. The second-order valence-corrected chi connectivity index (χ2v) is 4.75. The Bertz CT molecular complexity index is 597. The van der Waals surface area contributed by atoms with Gasteiger partial charge in [-0.3, -0.25) is 0 Å². The fourth-order valence-electron chi connectivity index (χ4n) is 1.76. The van der Waals surface area contributed by atoms with Gasteiger partial charge in [-0.15, -0.1) is 0 Å². The number of rotatable bonds is 3. The van der Waals surface area contributed by atoms with Crippen LogP contribution in [0.15, 0.2) is 36.4 Å². The van der Waals surface area contributed by atoms with E-state index in [2.05, 4.69) is 0 Å². The van der Waals surface area contributed by atoms with Crippen molar-refractivity contribution in [3.63, 3.8) is 0 Å². The van der Waals surface area contributed by atoms with E-state index in [1.807, 2.05) is 6.92 Å². The molecule has 0 aliphatic heterocycles. The van der Waals surface area contributed by atoms with Gasteiger partial charge in [-0.25, -0.2) is 4.39 Å². The summed E-state index contributed by atoms with van der Waals surface area (Å²) in [6.07, 6.45) is -0.806. The number of hydrogen-bond acceptors (Lipinski definition) is 2. The number of halogens is 2. The van der Waals surface area contributed by atoms with Crippen LogP contribution in [0.3, 0.4) is 0 Å². The van der Waals surface area contributed by atoms with E-state index < -0.39 is 11.9 Å². The maximum absolute atomic E-state index is 13.8. The van der Waals surface area contributed by atoms with Gasteiger partial charge in [-0.05, 0) is 43.7 Å². The van der Waals surface area contributed by atoms with Gasteiger partial charge in [0.2, 0.25) is 0 Å². The molecule has 0 spiro atoms. The molecule has 0 heterocycles. The molecule has 19 heavy (non-hydrogen) atoms. The molecule has 1 N–H and O–H groups in total. The van der Waals surface area contributed by atoms with Gasteiger partial charge >= 0.3 is 0 Å². The Balaban J connectivity index is 2.40. The van der Waals surface area contributed by atoms with Gasteiger partial charge in [0, 0.05) is 10.6 Å². The molecule has 0 aromatic heterocycles. The minimum absolute atomic E-state index is 0.0409. The van der Waals surface area contributed by atoms with Gasteiger partial charge in [0.1, 0.15) is 5.75 Å². The summed E-state index contributed by atoms with van der Waals surface area (Å²) in [5, 5.41) is 10.3. The normalized spacial score (nSPS) is 12.3. The van der Waals surface area contributed by atoms with Gasteiger partial charge in [0.15, 0.2) is 11.6 Å². The van der Waals surface area contributed by atoms with Crippen LogP contribution in [0.1, 0.15) is 24.2 Å². The van der Waals surface area contributed by atoms with Crippen LogP contribution in [-0.2, 0) is 0 Å².